The summed E-state index contributed by atoms with van der Waals surface area (Å²) in [7, 11) is 0. The molecule has 1 aromatic rings. The fraction of sp³-hybridized carbons (Fsp3) is 0.500. The first kappa shape index (κ1) is 12.1. The zero-order valence-electron chi connectivity index (χ0n) is 10.4. The monoisotopic (exact) mass is 233 g/mol. The topological polar surface area (TPSA) is 49.3 Å². The molecule has 2 unspecified atom stereocenters. The summed E-state index contributed by atoms with van der Waals surface area (Å²) in [6, 6.07) is 6.19. The highest BCUT2D eigenvalue weighted by atomic mass is 16.4. The Morgan fingerprint density at radius 1 is 1.41 bits per heavy atom. The van der Waals surface area contributed by atoms with E-state index in [9.17, 15) is 9.90 Å². The zero-order valence-corrected chi connectivity index (χ0v) is 10.4. The van der Waals surface area contributed by atoms with E-state index in [1.165, 1.54) is 11.1 Å². The molecular weight excluding hydrogens is 214 g/mol. The van der Waals surface area contributed by atoms with Gasteiger partial charge in [-0.15, -0.1) is 0 Å². The van der Waals surface area contributed by atoms with Crippen LogP contribution in [-0.4, -0.2) is 17.6 Å². The lowest BCUT2D eigenvalue weighted by molar-refractivity contribution is -0.143. The normalized spacial score (nSPS) is 24.6. The van der Waals surface area contributed by atoms with Gasteiger partial charge in [0.1, 0.15) is 0 Å². The lowest BCUT2D eigenvalue weighted by Crippen LogP contribution is -2.38. The minimum absolute atomic E-state index is 0.0400. The predicted octanol–water partition coefficient (Wildman–Crippen LogP) is 2.43. The molecule has 1 saturated heterocycles. The van der Waals surface area contributed by atoms with E-state index >= 15 is 0 Å². The molecule has 1 aliphatic heterocycles. The van der Waals surface area contributed by atoms with Gasteiger partial charge in [-0.05, 0) is 44.4 Å². The van der Waals surface area contributed by atoms with Gasteiger partial charge in [-0.1, -0.05) is 23.8 Å². The molecule has 1 aliphatic rings. The second kappa shape index (κ2) is 4.88. The number of aliphatic carboxylic acids is 1. The number of rotatable bonds is 2. The highest BCUT2D eigenvalue weighted by Gasteiger charge is 2.32. The first-order valence-electron chi connectivity index (χ1n) is 6.13. The smallest absolute Gasteiger partial charge is 0.308 e. The van der Waals surface area contributed by atoms with E-state index in [0.29, 0.717) is 0 Å². The maximum atomic E-state index is 11.3. The first-order chi connectivity index (χ1) is 8.09. The Balaban J connectivity index is 2.32. The summed E-state index contributed by atoms with van der Waals surface area (Å²) in [4.78, 5) is 11.3. The Labute approximate surface area is 102 Å². The highest BCUT2D eigenvalue weighted by molar-refractivity contribution is 5.71. The van der Waals surface area contributed by atoms with Gasteiger partial charge in [0.2, 0.25) is 0 Å². The van der Waals surface area contributed by atoms with Crippen molar-refractivity contribution in [3.05, 3.63) is 34.9 Å². The molecule has 3 heteroatoms. The molecule has 0 spiro atoms. The third-order valence-corrected chi connectivity index (χ3v) is 3.54. The van der Waals surface area contributed by atoms with Crippen molar-refractivity contribution in [2.24, 2.45) is 5.92 Å². The molecule has 0 bridgehead atoms. The summed E-state index contributed by atoms with van der Waals surface area (Å²) in [6.07, 6.45) is 1.71. The van der Waals surface area contributed by atoms with Gasteiger partial charge in [-0.3, -0.25) is 4.79 Å². The van der Waals surface area contributed by atoms with Crippen LogP contribution in [0.4, 0.5) is 0 Å². The van der Waals surface area contributed by atoms with Crippen LogP contribution >= 0.6 is 0 Å². The van der Waals surface area contributed by atoms with Gasteiger partial charge in [0, 0.05) is 6.04 Å². The van der Waals surface area contributed by atoms with Crippen molar-refractivity contribution in [3.8, 4) is 0 Å². The first-order valence-corrected chi connectivity index (χ1v) is 6.13. The summed E-state index contributed by atoms with van der Waals surface area (Å²) in [5, 5.41) is 12.6. The van der Waals surface area contributed by atoms with Crippen LogP contribution in [0.1, 0.15) is 35.6 Å². The SMILES string of the molecule is Cc1ccc(C2NCCCC2C(=O)O)c(C)c1. The molecule has 3 nitrogen and oxygen atoms in total. The van der Waals surface area contributed by atoms with Crippen LogP contribution in [0, 0.1) is 19.8 Å². The van der Waals surface area contributed by atoms with E-state index in [4.69, 9.17) is 0 Å². The molecular formula is C14H19NO2. The van der Waals surface area contributed by atoms with Crippen molar-refractivity contribution in [1.82, 2.24) is 5.32 Å². The highest BCUT2D eigenvalue weighted by Crippen LogP contribution is 2.31. The number of carboxylic acids is 1. The number of hydrogen-bond donors (Lipinski definition) is 2. The maximum absolute atomic E-state index is 11.3. The Bertz CT molecular complexity index is 428. The Morgan fingerprint density at radius 2 is 2.18 bits per heavy atom. The molecule has 0 amide bonds. The maximum Gasteiger partial charge on any atom is 0.308 e. The average molecular weight is 233 g/mol. The minimum Gasteiger partial charge on any atom is -0.481 e. The quantitative estimate of drug-likeness (QED) is 0.824. The number of piperidine rings is 1. The molecule has 0 aliphatic carbocycles. The van der Waals surface area contributed by atoms with E-state index in [1.807, 2.05) is 0 Å². The molecule has 2 rings (SSSR count). The van der Waals surface area contributed by atoms with Crippen molar-refractivity contribution in [2.45, 2.75) is 32.7 Å². The number of carbonyl (C=O) groups is 1. The van der Waals surface area contributed by atoms with Crippen LogP contribution in [0.25, 0.3) is 0 Å². The number of benzene rings is 1. The zero-order chi connectivity index (χ0) is 12.4. The second-order valence-corrected chi connectivity index (χ2v) is 4.88. The molecule has 2 N–H and O–H groups in total. The Hall–Kier alpha value is -1.35. The Kier molecular flexibility index (Phi) is 3.48. The van der Waals surface area contributed by atoms with E-state index in [0.717, 1.165) is 24.9 Å². The van der Waals surface area contributed by atoms with Crippen molar-refractivity contribution in [1.29, 1.82) is 0 Å². The van der Waals surface area contributed by atoms with Gasteiger partial charge < -0.3 is 10.4 Å². The third kappa shape index (κ3) is 2.50. The van der Waals surface area contributed by atoms with E-state index in [1.54, 1.807) is 0 Å². The number of aryl methyl sites for hydroxylation is 2. The van der Waals surface area contributed by atoms with Gasteiger partial charge in [0.05, 0.1) is 5.92 Å². The molecule has 2 atom stereocenters. The fourth-order valence-electron chi connectivity index (χ4n) is 2.66. The van der Waals surface area contributed by atoms with Crippen LogP contribution in [0.15, 0.2) is 18.2 Å². The van der Waals surface area contributed by atoms with Gasteiger partial charge >= 0.3 is 5.97 Å². The lowest BCUT2D eigenvalue weighted by Gasteiger charge is -2.31. The summed E-state index contributed by atoms with van der Waals surface area (Å²) < 4.78 is 0. The van der Waals surface area contributed by atoms with Crippen LogP contribution in [0.2, 0.25) is 0 Å². The fourth-order valence-corrected chi connectivity index (χ4v) is 2.66. The van der Waals surface area contributed by atoms with Crippen molar-refractivity contribution >= 4 is 5.97 Å². The van der Waals surface area contributed by atoms with Crippen LogP contribution in [-0.2, 0) is 4.79 Å². The number of carboxylic acid groups (broad SMARTS) is 1. The van der Waals surface area contributed by atoms with Gasteiger partial charge in [0.25, 0.3) is 0 Å². The molecule has 17 heavy (non-hydrogen) atoms. The molecule has 1 aromatic carbocycles. The van der Waals surface area contributed by atoms with Gasteiger partial charge in [-0.2, -0.15) is 0 Å². The summed E-state index contributed by atoms with van der Waals surface area (Å²) in [5.74, 6) is -0.993. The minimum atomic E-state index is -0.692. The van der Waals surface area contributed by atoms with Crippen LogP contribution in [0.3, 0.4) is 0 Å². The largest absolute Gasteiger partial charge is 0.481 e. The lowest BCUT2D eigenvalue weighted by atomic mass is 9.84. The number of hydrogen-bond acceptors (Lipinski definition) is 2. The summed E-state index contributed by atoms with van der Waals surface area (Å²) >= 11 is 0. The van der Waals surface area contributed by atoms with Crippen molar-refractivity contribution < 1.29 is 9.90 Å². The molecule has 1 fully saturated rings. The summed E-state index contributed by atoms with van der Waals surface area (Å²) in [6.45, 7) is 5.01. The van der Waals surface area contributed by atoms with E-state index in [2.05, 4.69) is 37.4 Å². The van der Waals surface area contributed by atoms with E-state index < -0.39 is 5.97 Å². The summed E-state index contributed by atoms with van der Waals surface area (Å²) in [5.41, 5.74) is 3.52. The Morgan fingerprint density at radius 3 is 2.82 bits per heavy atom. The molecule has 0 saturated carbocycles. The standard InChI is InChI=1S/C14H19NO2/c1-9-5-6-11(10(2)8-9)13-12(14(16)17)4-3-7-15-13/h5-6,8,12-13,15H,3-4,7H2,1-2H3,(H,16,17). The van der Waals surface area contributed by atoms with Crippen LogP contribution < -0.4 is 5.32 Å². The van der Waals surface area contributed by atoms with Crippen molar-refractivity contribution in [2.75, 3.05) is 6.54 Å². The third-order valence-electron chi connectivity index (χ3n) is 3.54. The van der Waals surface area contributed by atoms with Gasteiger partial charge in [-0.25, -0.2) is 0 Å². The average Bonchev–Trinajstić information content (AvgIpc) is 2.29. The predicted molar refractivity (Wildman–Crippen MR) is 67.0 cm³/mol. The molecule has 1 heterocycles. The van der Waals surface area contributed by atoms with Crippen molar-refractivity contribution in [3.63, 3.8) is 0 Å². The number of nitrogens with one attached hydrogen (secondary N) is 1. The second-order valence-electron chi connectivity index (χ2n) is 4.88. The van der Waals surface area contributed by atoms with E-state index in [-0.39, 0.29) is 12.0 Å². The molecule has 0 radical (unpaired) electrons. The van der Waals surface area contributed by atoms with Crippen LogP contribution in [0.5, 0.6) is 0 Å². The molecule has 92 valence electrons. The van der Waals surface area contributed by atoms with Gasteiger partial charge in [0.15, 0.2) is 0 Å². The molecule has 0 aromatic heterocycles.